The Kier molecular flexibility index (Phi) is 10.8. The lowest BCUT2D eigenvalue weighted by Crippen LogP contribution is -2.54. The first-order valence-electron chi connectivity index (χ1n) is 13.1. The van der Waals surface area contributed by atoms with Crippen molar-refractivity contribution in [2.45, 2.75) is 71.0 Å². The average Bonchev–Trinajstić information content (AvgIpc) is 2.89. The van der Waals surface area contributed by atoms with Gasteiger partial charge in [0.15, 0.2) is 0 Å². The third-order valence-corrected chi connectivity index (χ3v) is 8.89. The number of nitrogens with zero attached hydrogens (tertiary/aromatic N) is 3. The van der Waals surface area contributed by atoms with Crippen LogP contribution in [0.1, 0.15) is 56.6 Å². The smallest absolute Gasteiger partial charge is 0.271 e. The van der Waals surface area contributed by atoms with E-state index in [1.165, 1.54) is 17.0 Å². The van der Waals surface area contributed by atoms with Crippen molar-refractivity contribution >= 4 is 56.4 Å². The molecule has 0 bridgehead atoms. The largest absolute Gasteiger partial charge is 0.352 e. The van der Waals surface area contributed by atoms with Gasteiger partial charge in [0, 0.05) is 24.7 Å². The fraction of sp³-hybridized carbons (Fsp3) is 0.481. The summed E-state index contributed by atoms with van der Waals surface area (Å²) in [6.45, 7) is 2.69. The van der Waals surface area contributed by atoms with Gasteiger partial charge in [0.25, 0.3) is 5.69 Å². The highest BCUT2D eigenvalue weighted by Gasteiger charge is 2.33. The zero-order chi connectivity index (χ0) is 29.6. The molecule has 13 heteroatoms. The van der Waals surface area contributed by atoms with E-state index in [1.54, 1.807) is 32.0 Å². The molecule has 3 rings (SSSR count). The molecule has 1 fully saturated rings. The van der Waals surface area contributed by atoms with E-state index in [0.29, 0.717) is 16.1 Å². The van der Waals surface area contributed by atoms with Crippen LogP contribution < -0.4 is 9.62 Å². The van der Waals surface area contributed by atoms with Gasteiger partial charge in [-0.3, -0.25) is 24.0 Å². The first kappa shape index (κ1) is 31.6. The summed E-state index contributed by atoms with van der Waals surface area (Å²) >= 11 is 12.3. The number of carbonyl (C=O) groups excluding carboxylic acids is 2. The summed E-state index contributed by atoms with van der Waals surface area (Å²) in [5, 5.41) is 15.1. The van der Waals surface area contributed by atoms with Gasteiger partial charge in [0.05, 0.1) is 26.9 Å². The maximum atomic E-state index is 13.9. The third-order valence-electron chi connectivity index (χ3n) is 7.03. The molecule has 2 aromatic carbocycles. The number of anilines is 1. The number of hydrogen-bond donors (Lipinski definition) is 1. The van der Waals surface area contributed by atoms with E-state index in [-0.39, 0.29) is 41.3 Å². The lowest BCUT2D eigenvalue weighted by Gasteiger charge is -2.34. The van der Waals surface area contributed by atoms with Crippen LogP contribution in [0.5, 0.6) is 0 Å². The number of amides is 2. The maximum absolute atomic E-state index is 13.9. The highest BCUT2D eigenvalue weighted by Crippen LogP contribution is 2.29. The van der Waals surface area contributed by atoms with Crippen molar-refractivity contribution in [3.05, 3.63) is 67.7 Å². The number of carbonyl (C=O) groups is 2. The summed E-state index contributed by atoms with van der Waals surface area (Å²) in [6, 6.07) is 7.79. The van der Waals surface area contributed by atoms with Crippen molar-refractivity contribution in [2.75, 3.05) is 17.1 Å². The number of hydrogen-bond acceptors (Lipinski definition) is 6. The van der Waals surface area contributed by atoms with Crippen molar-refractivity contribution in [3.63, 3.8) is 0 Å². The molecular formula is C27H34Cl2N4O6S. The van der Waals surface area contributed by atoms with Crippen molar-refractivity contribution < 1.29 is 22.9 Å². The molecule has 1 atom stereocenters. The highest BCUT2D eigenvalue weighted by atomic mass is 35.5. The van der Waals surface area contributed by atoms with Crippen LogP contribution in [-0.2, 0) is 26.2 Å². The summed E-state index contributed by atoms with van der Waals surface area (Å²) in [5.41, 5.74) is 0.734. The van der Waals surface area contributed by atoms with Crippen LogP contribution in [0, 0.1) is 17.0 Å². The molecule has 218 valence electrons. The van der Waals surface area contributed by atoms with E-state index in [2.05, 4.69) is 5.32 Å². The second kappa shape index (κ2) is 13.6. The van der Waals surface area contributed by atoms with Gasteiger partial charge < -0.3 is 10.2 Å². The summed E-state index contributed by atoms with van der Waals surface area (Å²) in [5.74, 6) is -0.965. The van der Waals surface area contributed by atoms with Crippen LogP contribution in [0.3, 0.4) is 0 Å². The molecule has 0 spiro atoms. The highest BCUT2D eigenvalue weighted by molar-refractivity contribution is 7.92. The normalized spacial score (nSPS) is 14.8. The van der Waals surface area contributed by atoms with Gasteiger partial charge in [-0.2, -0.15) is 0 Å². The Morgan fingerprint density at radius 2 is 1.77 bits per heavy atom. The van der Waals surface area contributed by atoms with Crippen LogP contribution in [0.2, 0.25) is 10.0 Å². The number of nitrogens with one attached hydrogen (secondary N) is 1. The van der Waals surface area contributed by atoms with E-state index in [4.69, 9.17) is 23.2 Å². The molecule has 0 aromatic heterocycles. The summed E-state index contributed by atoms with van der Waals surface area (Å²) < 4.78 is 26.6. The molecule has 1 aliphatic carbocycles. The Labute approximate surface area is 244 Å². The molecule has 2 amide bonds. The van der Waals surface area contributed by atoms with Gasteiger partial charge in [-0.1, -0.05) is 61.5 Å². The van der Waals surface area contributed by atoms with E-state index in [0.717, 1.165) is 48.7 Å². The van der Waals surface area contributed by atoms with Crippen LogP contribution in [0.4, 0.5) is 11.4 Å². The Bertz CT molecular complexity index is 1360. The molecular weight excluding hydrogens is 579 g/mol. The fourth-order valence-electron chi connectivity index (χ4n) is 4.87. The van der Waals surface area contributed by atoms with Gasteiger partial charge in [-0.05, 0) is 49.4 Å². The minimum absolute atomic E-state index is 0.0114. The molecule has 0 heterocycles. The van der Waals surface area contributed by atoms with Gasteiger partial charge in [0.2, 0.25) is 21.8 Å². The standard InChI is InChI=1S/C27H34Cl2N4O6S/c1-4-24(27(35)30-20-8-6-5-7-9-20)31(16-19-11-13-22(28)23(29)14-19)26(34)17-32(40(3,38)39)25-15-21(33(36)37)12-10-18(25)2/h10-15,20,24H,4-9,16-17H2,1-3H3,(H,30,35). The Hall–Kier alpha value is -2.89. The Balaban J connectivity index is 1.99. The summed E-state index contributed by atoms with van der Waals surface area (Å²) in [7, 11) is -4.05. The van der Waals surface area contributed by atoms with Crippen molar-refractivity contribution in [1.82, 2.24) is 10.2 Å². The third kappa shape index (κ3) is 8.08. The average molecular weight is 614 g/mol. The van der Waals surface area contributed by atoms with E-state index < -0.39 is 33.4 Å². The first-order chi connectivity index (χ1) is 18.8. The van der Waals surface area contributed by atoms with Crippen molar-refractivity contribution in [2.24, 2.45) is 0 Å². The van der Waals surface area contributed by atoms with Crippen LogP contribution in [0.15, 0.2) is 36.4 Å². The Morgan fingerprint density at radius 3 is 2.35 bits per heavy atom. The van der Waals surface area contributed by atoms with E-state index in [9.17, 15) is 28.1 Å². The predicted octanol–water partition coefficient (Wildman–Crippen LogP) is 5.23. The second-order valence-corrected chi connectivity index (χ2v) is 12.8. The number of nitro groups is 1. The van der Waals surface area contributed by atoms with Gasteiger partial charge in [-0.25, -0.2) is 8.42 Å². The molecule has 2 aromatic rings. The molecule has 0 saturated heterocycles. The van der Waals surface area contributed by atoms with Gasteiger partial charge >= 0.3 is 0 Å². The van der Waals surface area contributed by atoms with Gasteiger partial charge in [-0.15, -0.1) is 0 Å². The number of aryl methyl sites for hydroxylation is 1. The molecule has 1 N–H and O–H groups in total. The quantitative estimate of drug-likeness (QED) is 0.273. The number of sulfonamides is 1. The number of rotatable bonds is 11. The lowest BCUT2D eigenvalue weighted by atomic mass is 9.95. The fourth-order valence-corrected chi connectivity index (χ4v) is 6.09. The minimum Gasteiger partial charge on any atom is -0.352 e. The maximum Gasteiger partial charge on any atom is 0.271 e. The van der Waals surface area contributed by atoms with Crippen LogP contribution in [0.25, 0.3) is 0 Å². The van der Waals surface area contributed by atoms with Crippen LogP contribution in [-0.4, -0.2) is 54.9 Å². The second-order valence-electron chi connectivity index (χ2n) is 10.0. The predicted molar refractivity (Wildman–Crippen MR) is 156 cm³/mol. The summed E-state index contributed by atoms with van der Waals surface area (Å²) in [4.78, 5) is 39.5. The number of nitro benzene ring substituents is 1. The number of halogens is 2. The molecule has 0 radical (unpaired) electrons. The molecule has 1 unspecified atom stereocenters. The zero-order valence-electron chi connectivity index (χ0n) is 22.7. The molecule has 0 aliphatic heterocycles. The molecule has 1 aliphatic rings. The number of non-ortho nitro benzene ring substituents is 1. The van der Waals surface area contributed by atoms with Crippen molar-refractivity contribution in [1.29, 1.82) is 0 Å². The summed E-state index contributed by atoms with van der Waals surface area (Å²) in [6.07, 6.45) is 6.06. The minimum atomic E-state index is -4.05. The molecule has 40 heavy (non-hydrogen) atoms. The SMILES string of the molecule is CCC(C(=O)NC1CCCCC1)N(Cc1ccc(Cl)c(Cl)c1)C(=O)CN(c1cc([N+](=O)[O-])ccc1C)S(C)(=O)=O. The Morgan fingerprint density at radius 1 is 1.10 bits per heavy atom. The monoisotopic (exact) mass is 612 g/mol. The number of benzene rings is 2. The van der Waals surface area contributed by atoms with Crippen LogP contribution >= 0.6 is 23.2 Å². The zero-order valence-corrected chi connectivity index (χ0v) is 25.1. The van der Waals surface area contributed by atoms with Crippen molar-refractivity contribution in [3.8, 4) is 0 Å². The first-order valence-corrected chi connectivity index (χ1v) is 15.7. The van der Waals surface area contributed by atoms with E-state index in [1.807, 2.05) is 0 Å². The lowest BCUT2D eigenvalue weighted by molar-refractivity contribution is -0.384. The van der Waals surface area contributed by atoms with Gasteiger partial charge in [0.1, 0.15) is 12.6 Å². The molecule has 1 saturated carbocycles. The van der Waals surface area contributed by atoms with E-state index >= 15 is 0 Å². The topological polar surface area (TPSA) is 130 Å². The molecule has 10 nitrogen and oxygen atoms in total.